The number of ether oxygens (including phenoxy) is 2. The van der Waals surface area contributed by atoms with Crippen molar-refractivity contribution in [3.63, 3.8) is 0 Å². The summed E-state index contributed by atoms with van der Waals surface area (Å²) < 4.78 is 10.4. The normalized spacial score (nSPS) is 22.9. The third-order valence-corrected chi connectivity index (χ3v) is 5.17. The number of benzene rings is 1. The van der Waals surface area contributed by atoms with Crippen LogP contribution in [0.25, 0.3) is 0 Å². The SMILES string of the molecule is CCOC(=O)C1(C)COCC1NC(=O)CC(C(N)=O)c1ccc(Cl)cc1Cl. The molecule has 0 radical (unpaired) electrons. The average Bonchev–Trinajstić information content (AvgIpc) is 2.95. The average molecular weight is 417 g/mol. The fourth-order valence-corrected chi connectivity index (χ4v) is 3.50. The number of rotatable bonds is 7. The maximum Gasteiger partial charge on any atom is 0.316 e. The molecule has 1 saturated heterocycles. The summed E-state index contributed by atoms with van der Waals surface area (Å²) in [6.45, 7) is 3.92. The molecule has 0 aromatic heterocycles. The summed E-state index contributed by atoms with van der Waals surface area (Å²) >= 11 is 12.0. The lowest BCUT2D eigenvalue weighted by atomic mass is 9.85. The van der Waals surface area contributed by atoms with Crippen molar-refractivity contribution in [2.75, 3.05) is 19.8 Å². The highest BCUT2D eigenvalue weighted by molar-refractivity contribution is 6.35. The van der Waals surface area contributed by atoms with Crippen LogP contribution in [0.4, 0.5) is 0 Å². The predicted octanol–water partition coefficient (Wildman–Crippen LogP) is 2.04. The van der Waals surface area contributed by atoms with E-state index in [0.29, 0.717) is 10.6 Å². The second-order valence-corrected chi connectivity index (χ2v) is 7.44. The highest BCUT2D eigenvalue weighted by Gasteiger charge is 2.48. The van der Waals surface area contributed by atoms with Crippen LogP contribution >= 0.6 is 23.2 Å². The summed E-state index contributed by atoms with van der Waals surface area (Å²) in [4.78, 5) is 36.7. The van der Waals surface area contributed by atoms with Crippen molar-refractivity contribution >= 4 is 41.0 Å². The Bertz CT molecular complexity index is 742. The number of amides is 2. The fraction of sp³-hybridized carbons (Fsp3) is 0.500. The number of carbonyl (C=O) groups is 3. The number of esters is 1. The van der Waals surface area contributed by atoms with Gasteiger partial charge in [-0.05, 0) is 31.5 Å². The second kappa shape index (κ2) is 8.91. The molecular weight excluding hydrogens is 395 g/mol. The Morgan fingerprint density at radius 3 is 2.70 bits per heavy atom. The summed E-state index contributed by atoms with van der Waals surface area (Å²) in [6, 6.07) is 4.04. The Morgan fingerprint density at radius 2 is 2.11 bits per heavy atom. The Labute approximate surface area is 167 Å². The molecule has 27 heavy (non-hydrogen) atoms. The molecule has 7 nitrogen and oxygen atoms in total. The minimum Gasteiger partial charge on any atom is -0.465 e. The topological polar surface area (TPSA) is 108 Å². The van der Waals surface area contributed by atoms with Gasteiger partial charge in [-0.1, -0.05) is 29.3 Å². The molecule has 1 aliphatic heterocycles. The molecule has 3 unspecified atom stereocenters. The van der Waals surface area contributed by atoms with Crippen molar-refractivity contribution in [3.05, 3.63) is 33.8 Å². The standard InChI is InChI=1S/C18H22Cl2N2O5/c1-3-27-17(25)18(2)9-26-8-14(18)22-15(23)7-12(16(21)24)11-5-4-10(19)6-13(11)20/h4-6,12,14H,3,7-9H2,1-2H3,(H2,21,24)(H,22,23). The molecule has 1 heterocycles. The third kappa shape index (κ3) is 4.91. The highest BCUT2D eigenvalue weighted by atomic mass is 35.5. The van der Waals surface area contributed by atoms with Crippen molar-refractivity contribution in [1.82, 2.24) is 5.32 Å². The van der Waals surface area contributed by atoms with Crippen LogP contribution in [0.1, 0.15) is 31.7 Å². The molecular formula is C18H22Cl2N2O5. The fourth-order valence-electron chi connectivity index (χ4n) is 2.96. The minimum absolute atomic E-state index is 0.138. The van der Waals surface area contributed by atoms with Gasteiger partial charge in [0.2, 0.25) is 11.8 Å². The molecule has 0 aliphatic carbocycles. The van der Waals surface area contributed by atoms with Gasteiger partial charge in [0, 0.05) is 16.5 Å². The Balaban J connectivity index is 2.12. The van der Waals surface area contributed by atoms with E-state index in [9.17, 15) is 14.4 Å². The van der Waals surface area contributed by atoms with Crippen LogP contribution in [0.15, 0.2) is 18.2 Å². The number of primary amides is 1. The molecule has 9 heteroatoms. The molecule has 2 rings (SSSR count). The molecule has 2 amide bonds. The van der Waals surface area contributed by atoms with Gasteiger partial charge in [-0.15, -0.1) is 0 Å². The van der Waals surface area contributed by atoms with E-state index in [-0.39, 0.29) is 31.3 Å². The van der Waals surface area contributed by atoms with Crippen molar-refractivity contribution in [2.45, 2.75) is 32.2 Å². The van der Waals surface area contributed by atoms with Gasteiger partial charge in [0.05, 0.1) is 31.8 Å². The van der Waals surface area contributed by atoms with Crippen molar-refractivity contribution < 1.29 is 23.9 Å². The first-order valence-electron chi connectivity index (χ1n) is 8.47. The largest absolute Gasteiger partial charge is 0.465 e. The number of hydrogen-bond donors (Lipinski definition) is 2. The number of halogens is 2. The van der Waals surface area contributed by atoms with Crippen LogP contribution < -0.4 is 11.1 Å². The molecule has 3 atom stereocenters. The van der Waals surface area contributed by atoms with E-state index in [1.165, 1.54) is 6.07 Å². The predicted molar refractivity (Wildman–Crippen MR) is 101 cm³/mol. The summed E-state index contributed by atoms with van der Waals surface area (Å²) in [5, 5.41) is 3.41. The first-order chi connectivity index (χ1) is 12.7. The summed E-state index contributed by atoms with van der Waals surface area (Å²) in [7, 11) is 0. The van der Waals surface area contributed by atoms with Crippen LogP contribution in [0.3, 0.4) is 0 Å². The van der Waals surface area contributed by atoms with Crippen LogP contribution in [-0.4, -0.2) is 43.6 Å². The van der Waals surface area contributed by atoms with Crippen LogP contribution in [0.2, 0.25) is 10.0 Å². The highest BCUT2D eigenvalue weighted by Crippen LogP contribution is 2.32. The molecule has 1 fully saturated rings. The van der Waals surface area contributed by atoms with Gasteiger partial charge >= 0.3 is 5.97 Å². The zero-order valence-electron chi connectivity index (χ0n) is 15.1. The third-order valence-electron chi connectivity index (χ3n) is 4.60. The van der Waals surface area contributed by atoms with Gasteiger partial charge < -0.3 is 20.5 Å². The summed E-state index contributed by atoms with van der Waals surface area (Å²) in [6.07, 6.45) is -0.216. The van der Waals surface area contributed by atoms with Crippen molar-refractivity contribution in [1.29, 1.82) is 0 Å². The van der Waals surface area contributed by atoms with Crippen molar-refractivity contribution in [2.24, 2.45) is 11.1 Å². The summed E-state index contributed by atoms with van der Waals surface area (Å²) in [5.74, 6) is -2.51. The zero-order chi connectivity index (χ0) is 20.2. The van der Waals surface area contributed by atoms with E-state index in [4.69, 9.17) is 38.4 Å². The van der Waals surface area contributed by atoms with E-state index in [1.807, 2.05) is 0 Å². The van der Waals surface area contributed by atoms with E-state index in [1.54, 1.807) is 26.0 Å². The molecule has 1 aliphatic rings. The molecule has 3 N–H and O–H groups in total. The molecule has 0 spiro atoms. The lowest BCUT2D eigenvalue weighted by molar-refractivity contribution is -0.155. The molecule has 0 bridgehead atoms. The van der Waals surface area contributed by atoms with Gasteiger partial charge in [-0.2, -0.15) is 0 Å². The smallest absolute Gasteiger partial charge is 0.316 e. The number of nitrogens with two attached hydrogens (primary N) is 1. The van der Waals surface area contributed by atoms with Crippen LogP contribution in [-0.2, 0) is 23.9 Å². The van der Waals surface area contributed by atoms with Gasteiger partial charge in [0.15, 0.2) is 0 Å². The Hall–Kier alpha value is -1.83. The Kier molecular flexibility index (Phi) is 7.08. The monoisotopic (exact) mass is 416 g/mol. The molecule has 148 valence electrons. The van der Waals surface area contributed by atoms with Crippen LogP contribution in [0.5, 0.6) is 0 Å². The van der Waals surface area contributed by atoms with Crippen LogP contribution in [0, 0.1) is 5.41 Å². The number of carbonyl (C=O) groups excluding carboxylic acids is 3. The molecule has 1 aromatic carbocycles. The first-order valence-corrected chi connectivity index (χ1v) is 9.23. The van der Waals surface area contributed by atoms with Crippen molar-refractivity contribution in [3.8, 4) is 0 Å². The van der Waals surface area contributed by atoms with Gasteiger partial charge in [0.1, 0.15) is 5.41 Å². The maximum atomic E-state index is 12.5. The molecule has 0 saturated carbocycles. The van der Waals surface area contributed by atoms with E-state index in [2.05, 4.69) is 5.32 Å². The van der Waals surface area contributed by atoms with Gasteiger partial charge in [-0.25, -0.2) is 0 Å². The molecule has 1 aromatic rings. The van der Waals surface area contributed by atoms with Gasteiger partial charge in [-0.3, -0.25) is 14.4 Å². The Morgan fingerprint density at radius 1 is 1.41 bits per heavy atom. The first kappa shape index (κ1) is 21.5. The van der Waals surface area contributed by atoms with Gasteiger partial charge in [0.25, 0.3) is 0 Å². The summed E-state index contributed by atoms with van der Waals surface area (Å²) in [5.41, 5.74) is 4.89. The lowest BCUT2D eigenvalue weighted by Crippen LogP contribution is -2.50. The quantitative estimate of drug-likeness (QED) is 0.661. The number of nitrogens with one attached hydrogen (secondary N) is 1. The number of hydrogen-bond acceptors (Lipinski definition) is 5. The zero-order valence-corrected chi connectivity index (χ0v) is 16.6. The lowest BCUT2D eigenvalue weighted by Gasteiger charge is -2.28. The van der Waals surface area contributed by atoms with E-state index < -0.39 is 35.2 Å². The van der Waals surface area contributed by atoms with E-state index in [0.717, 1.165) is 0 Å². The minimum atomic E-state index is -0.994. The van der Waals surface area contributed by atoms with E-state index >= 15 is 0 Å². The maximum absolute atomic E-state index is 12.5. The second-order valence-electron chi connectivity index (χ2n) is 6.60.